The topological polar surface area (TPSA) is 30.2 Å². The molecule has 0 saturated heterocycles. The number of carbonyl (C=O) groups excluding carboxylic acids is 1. The Morgan fingerprint density at radius 3 is 1.70 bits per heavy atom. The monoisotopic (exact) mass is 426 g/mol. The number of hydrogen-bond acceptors (Lipinski definition) is 2. The molecule has 0 atom stereocenters. The Balaban J connectivity index is 1.77. The molecule has 5 rings (SSSR count). The molecule has 0 amide bonds. The summed E-state index contributed by atoms with van der Waals surface area (Å²) in [5, 5.41) is 0. The summed E-state index contributed by atoms with van der Waals surface area (Å²) in [6, 6.07) is 39.2. The normalized spacial score (nSPS) is 11.0. The van der Waals surface area contributed by atoms with Gasteiger partial charge in [-0.25, -0.2) is 0 Å². The van der Waals surface area contributed by atoms with E-state index < -0.39 is 0 Å². The molecule has 0 bridgehead atoms. The Hall–Kier alpha value is -4.43. The SMILES string of the molecule is O=C(c1ccccc1)c1c(-c2ccccc2)oc(/C=C/c2ccccc2)c1-c1ccccc1. The van der Waals surface area contributed by atoms with Crippen LogP contribution in [0.5, 0.6) is 0 Å². The van der Waals surface area contributed by atoms with Gasteiger partial charge in [0.15, 0.2) is 5.78 Å². The van der Waals surface area contributed by atoms with Crippen LogP contribution in [0.15, 0.2) is 126 Å². The van der Waals surface area contributed by atoms with Gasteiger partial charge in [-0.15, -0.1) is 0 Å². The van der Waals surface area contributed by atoms with E-state index in [2.05, 4.69) is 0 Å². The van der Waals surface area contributed by atoms with Gasteiger partial charge in [0, 0.05) is 16.7 Å². The van der Waals surface area contributed by atoms with Crippen LogP contribution in [-0.4, -0.2) is 5.78 Å². The molecule has 0 spiro atoms. The molecule has 33 heavy (non-hydrogen) atoms. The standard InChI is InChI=1S/C31H22O2/c32-30(25-17-9-3-10-18-25)29-28(24-15-7-2-8-16-24)27(22-21-23-13-5-1-6-14-23)33-31(29)26-19-11-4-12-20-26/h1-22H/b22-21+. The molecule has 0 fully saturated rings. The lowest BCUT2D eigenvalue weighted by Crippen LogP contribution is -2.03. The van der Waals surface area contributed by atoms with Crippen molar-refractivity contribution in [3.05, 3.63) is 144 Å². The average Bonchev–Trinajstić information content (AvgIpc) is 3.28. The molecule has 1 aromatic heterocycles. The Labute approximate surface area is 193 Å². The minimum absolute atomic E-state index is 0.0589. The Bertz CT molecular complexity index is 1380. The van der Waals surface area contributed by atoms with E-state index in [1.165, 1.54) is 0 Å². The summed E-state index contributed by atoms with van der Waals surface area (Å²) < 4.78 is 6.44. The number of hydrogen-bond donors (Lipinski definition) is 0. The van der Waals surface area contributed by atoms with E-state index in [-0.39, 0.29) is 5.78 Å². The molecule has 4 aromatic carbocycles. The highest BCUT2D eigenvalue weighted by Crippen LogP contribution is 2.40. The van der Waals surface area contributed by atoms with Gasteiger partial charge in [0.25, 0.3) is 0 Å². The zero-order valence-corrected chi connectivity index (χ0v) is 18.0. The van der Waals surface area contributed by atoms with Gasteiger partial charge in [-0.05, 0) is 17.2 Å². The van der Waals surface area contributed by atoms with Crippen LogP contribution < -0.4 is 0 Å². The number of rotatable bonds is 6. The third-order valence-electron chi connectivity index (χ3n) is 5.52. The van der Waals surface area contributed by atoms with Crippen molar-refractivity contribution in [3.63, 3.8) is 0 Å². The highest BCUT2D eigenvalue weighted by molar-refractivity contribution is 6.17. The smallest absolute Gasteiger partial charge is 0.197 e. The maximum absolute atomic E-state index is 13.8. The molecule has 0 unspecified atom stereocenters. The maximum Gasteiger partial charge on any atom is 0.197 e. The van der Waals surface area contributed by atoms with Crippen molar-refractivity contribution >= 4 is 17.9 Å². The highest BCUT2D eigenvalue weighted by atomic mass is 16.3. The van der Waals surface area contributed by atoms with Gasteiger partial charge >= 0.3 is 0 Å². The highest BCUT2D eigenvalue weighted by Gasteiger charge is 2.27. The number of benzene rings is 4. The van der Waals surface area contributed by atoms with E-state index in [4.69, 9.17) is 4.42 Å². The van der Waals surface area contributed by atoms with Crippen molar-refractivity contribution in [1.82, 2.24) is 0 Å². The second-order valence-corrected chi connectivity index (χ2v) is 7.72. The molecular weight excluding hydrogens is 404 g/mol. The molecule has 0 aliphatic rings. The molecule has 158 valence electrons. The first-order chi connectivity index (χ1) is 16.3. The van der Waals surface area contributed by atoms with Crippen LogP contribution in [0.2, 0.25) is 0 Å². The summed E-state index contributed by atoms with van der Waals surface area (Å²) in [6.45, 7) is 0. The number of carbonyl (C=O) groups is 1. The van der Waals surface area contributed by atoms with Crippen molar-refractivity contribution in [3.8, 4) is 22.5 Å². The van der Waals surface area contributed by atoms with Gasteiger partial charge in [0.2, 0.25) is 0 Å². The predicted molar refractivity (Wildman–Crippen MR) is 135 cm³/mol. The molecule has 2 heteroatoms. The molecule has 5 aromatic rings. The molecular formula is C31H22O2. The lowest BCUT2D eigenvalue weighted by atomic mass is 9.92. The lowest BCUT2D eigenvalue weighted by Gasteiger charge is -2.07. The zero-order valence-electron chi connectivity index (χ0n) is 18.0. The van der Waals surface area contributed by atoms with E-state index in [1.54, 1.807) is 0 Å². The Morgan fingerprint density at radius 1 is 0.576 bits per heavy atom. The molecule has 0 N–H and O–H groups in total. The maximum atomic E-state index is 13.8. The zero-order chi connectivity index (χ0) is 22.5. The van der Waals surface area contributed by atoms with Crippen LogP contribution in [0.4, 0.5) is 0 Å². The first kappa shape index (κ1) is 20.5. The molecule has 0 radical (unpaired) electrons. The third-order valence-corrected chi connectivity index (χ3v) is 5.52. The number of ketones is 1. The minimum Gasteiger partial charge on any atom is -0.455 e. The molecule has 1 heterocycles. The van der Waals surface area contributed by atoms with Gasteiger partial charge in [0.1, 0.15) is 11.5 Å². The summed E-state index contributed by atoms with van der Waals surface area (Å²) >= 11 is 0. The minimum atomic E-state index is -0.0589. The third kappa shape index (κ3) is 4.32. The fourth-order valence-electron chi connectivity index (χ4n) is 3.94. The van der Waals surface area contributed by atoms with Crippen molar-refractivity contribution in [2.75, 3.05) is 0 Å². The van der Waals surface area contributed by atoms with Gasteiger partial charge < -0.3 is 4.42 Å². The van der Waals surface area contributed by atoms with Gasteiger partial charge in [-0.3, -0.25) is 4.79 Å². The van der Waals surface area contributed by atoms with Gasteiger partial charge in [-0.1, -0.05) is 127 Å². The van der Waals surface area contributed by atoms with Crippen LogP contribution in [0.25, 0.3) is 34.6 Å². The fourth-order valence-corrected chi connectivity index (χ4v) is 3.94. The van der Waals surface area contributed by atoms with Gasteiger partial charge in [0.05, 0.1) is 5.56 Å². The largest absolute Gasteiger partial charge is 0.455 e. The predicted octanol–water partition coefficient (Wildman–Crippen LogP) is 8.02. The second kappa shape index (κ2) is 9.37. The van der Waals surface area contributed by atoms with E-state index >= 15 is 0 Å². The van der Waals surface area contributed by atoms with E-state index in [0.29, 0.717) is 22.6 Å². The van der Waals surface area contributed by atoms with Gasteiger partial charge in [-0.2, -0.15) is 0 Å². The summed E-state index contributed by atoms with van der Waals surface area (Å²) in [5.41, 5.74) is 4.88. The molecule has 0 aliphatic heterocycles. The van der Waals surface area contributed by atoms with E-state index in [1.807, 2.05) is 133 Å². The van der Waals surface area contributed by atoms with E-state index in [9.17, 15) is 4.79 Å². The second-order valence-electron chi connectivity index (χ2n) is 7.72. The van der Waals surface area contributed by atoms with Crippen molar-refractivity contribution in [2.24, 2.45) is 0 Å². The van der Waals surface area contributed by atoms with E-state index in [0.717, 1.165) is 22.3 Å². The van der Waals surface area contributed by atoms with Crippen LogP contribution in [0.3, 0.4) is 0 Å². The lowest BCUT2D eigenvalue weighted by molar-refractivity contribution is 0.103. The first-order valence-corrected chi connectivity index (χ1v) is 10.9. The van der Waals surface area contributed by atoms with Crippen LogP contribution in [0, 0.1) is 0 Å². The van der Waals surface area contributed by atoms with Crippen molar-refractivity contribution in [1.29, 1.82) is 0 Å². The van der Waals surface area contributed by atoms with Crippen LogP contribution in [-0.2, 0) is 0 Å². The molecule has 0 aliphatic carbocycles. The summed E-state index contributed by atoms with van der Waals surface area (Å²) in [6.07, 6.45) is 3.96. The summed E-state index contributed by atoms with van der Waals surface area (Å²) in [7, 11) is 0. The molecule has 2 nitrogen and oxygen atoms in total. The average molecular weight is 427 g/mol. The van der Waals surface area contributed by atoms with Crippen molar-refractivity contribution < 1.29 is 9.21 Å². The summed E-state index contributed by atoms with van der Waals surface area (Å²) in [4.78, 5) is 13.8. The fraction of sp³-hybridized carbons (Fsp3) is 0. The van der Waals surface area contributed by atoms with Crippen LogP contribution in [0.1, 0.15) is 27.2 Å². The quantitative estimate of drug-likeness (QED) is 0.257. The number of furan rings is 1. The summed E-state index contributed by atoms with van der Waals surface area (Å²) in [5.74, 6) is 1.18. The van der Waals surface area contributed by atoms with Crippen molar-refractivity contribution in [2.45, 2.75) is 0 Å². The Kier molecular flexibility index (Phi) is 5.81. The molecule has 0 saturated carbocycles. The Morgan fingerprint density at radius 2 is 1.09 bits per heavy atom. The first-order valence-electron chi connectivity index (χ1n) is 10.9. The van der Waals surface area contributed by atoms with Crippen LogP contribution >= 0.6 is 0 Å².